The number of hydrogen-bond acceptors (Lipinski definition) is 6. The Morgan fingerprint density at radius 3 is 2.69 bits per heavy atom. The van der Waals surface area contributed by atoms with E-state index in [-0.39, 0.29) is 28.8 Å². The molecule has 0 unspecified atom stereocenters. The van der Waals surface area contributed by atoms with Crippen LogP contribution in [0.5, 0.6) is 5.75 Å². The highest BCUT2D eigenvalue weighted by atomic mass is 127. The van der Waals surface area contributed by atoms with Gasteiger partial charge in [0.2, 0.25) is 5.91 Å². The highest BCUT2D eigenvalue weighted by Gasteiger charge is 2.34. The summed E-state index contributed by atoms with van der Waals surface area (Å²) in [5, 5.41) is 11.3. The van der Waals surface area contributed by atoms with Crippen molar-refractivity contribution < 1.29 is 14.3 Å². The number of pyridine rings is 2. The molecule has 0 atom stereocenters. The van der Waals surface area contributed by atoms with Gasteiger partial charge in [-0.15, -0.1) is 0 Å². The van der Waals surface area contributed by atoms with Crippen molar-refractivity contribution in [3.05, 3.63) is 41.6 Å². The molecule has 2 aromatic rings. The lowest BCUT2D eigenvalue weighted by molar-refractivity contribution is 0.0432. The number of aromatic nitrogens is 2. The fourth-order valence-corrected chi connectivity index (χ4v) is 4.14. The molecular formula is C23H30IN5O3. The molecule has 3 heterocycles. The summed E-state index contributed by atoms with van der Waals surface area (Å²) in [4.78, 5) is 31.8. The summed E-state index contributed by atoms with van der Waals surface area (Å²) in [7, 11) is 0. The Kier molecular flexibility index (Phi) is 7.58. The number of nitrogens with one attached hydrogen (secondary N) is 2. The number of amides is 1. The van der Waals surface area contributed by atoms with Crippen LogP contribution in [0.1, 0.15) is 62.1 Å². The third kappa shape index (κ3) is 5.31. The summed E-state index contributed by atoms with van der Waals surface area (Å²) in [5.74, 6) is 0.513. The van der Waals surface area contributed by atoms with Crippen molar-refractivity contribution in [3.63, 3.8) is 0 Å². The standard InChI is InChI=1S/C23H30IN5O3/c1-15(2)21(30)28-10-7-17(12-19(28)25)27-20-18(32-14-24)11-16(13-26-20)22(31)29-9-6-5-8-23(29,3)4/h7,10-13,15,25H,5-6,8-9,14H2,1-4H3,(H,26,27). The van der Waals surface area contributed by atoms with E-state index in [1.54, 1.807) is 44.4 Å². The van der Waals surface area contributed by atoms with Gasteiger partial charge in [0.1, 0.15) is 10.1 Å². The second-order valence-corrected chi connectivity index (χ2v) is 9.46. The molecule has 3 rings (SSSR count). The van der Waals surface area contributed by atoms with E-state index < -0.39 is 0 Å². The van der Waals surface area contributed by atoms with E-state index in [9.17, 15) is 9.59 Å². The van der Waals surface area contributed by atoms with E-state index in [2.05, 4.69) is 46.7 Å². The van der Waals surface area contributed by atoms with Crippen LogP contribution in [-0.4, -0.2) is 43.0 Å². The molecule has 2 N–H and O–H groups in total. The first-order chi connectivity index (χ1) is 15.1. The van der Waals surface area contributed by atoms with Crippen molar-refractivity contribution in [2.24, 2.45) is 5.92 Å². The third-order valence-corrected chi connectivity index (χ3v) is 5.97. The second kappa shape index (κ2) is 10.0. The number of piperidine rings is 1. The number of anilines is 2. The van der Waals surface area contributed by atoms with Gasteiger partial charge in [-0.2, -0.15) is 0 Å². The number of nitrogens with zero attached hydrogens (tertiary/aromatic N) is 3. The number of halogens is 1. The molecule has 1 amide bonds. The van der Waals surface area contributed by atoms with E-state index in [0.29, 0.717) is 27.4 Å². The summed E-state index contributed by atoms with van der Waals surface area (Å²) in [5.41, 5.74) is 0.975. The van der Waals surface area contributed by atoms with Crippen molar-refractivity contribution in [2.75, 3.05) is 16.5 Å². The third-order valence-electron chi connectivity index (χ3n) is 5.65. The molecule has 0 aromatic carbocycles. The maximum absolute atomic E-state index is 13.2. The molecule has 2 aromatic heterocycles. The summed E-state index contributed by atoms with van der Waals surface area (Å²) in [6.45, 7) is 8.53. The van der Waals surface area contributed by atoms with Crippen molar-refractivity contribution >= 4 is 45.9 Å². The average molecular weight is 551 g/mol. The molecule has 9 heteroatoms. The van der Waals surface area contributed by atoms with Gasteiger partial charge in [-0.05, 0) is 67.8 Å². The normalized spacial score (nSPS) is 15.5. The lowest BCUT2D eigenvalue weighted by Crippen LogP contribution is -2.50. The van der Waals surface area contributed by atoms with E-state index >= 15 is 0 Å². The molecule has 0 aliphatic carbocycles. The highest BCUT2D eigenvalue weighted by Crippen LogP contribution is 2.31. The Balaban J connectivity index is 1.87. The molecule has 1 aliphatic heterocycles. The van der Waals surface area contributed by atoms with Crippen LogP contribution in [-0.2, 0) is 0 Å². The summed E-state index contributed by atoms with van der Waals surface area (Å²) >= 11 is 2.10. The Morgan fingerprint density at radius 1 is 1.31 bits per heavy atom. The predicted molar refractivity (Wildman–Crippen MR) is 132 cm³/mol. The Bertz CT molecular complexity index is 1060. The maximum atomic E-state index is 13.2. The Morgan fingerprint density at radius 2 is 2.06 bits per heavy atom. The van der Waals surface area contributed by atoms with Gasteiger partial charge in [0, 0.05) is 42.1 Å². The van der Waals surface area contributed by atoms with Crippen molar-refractivity contribution in [1.29, 1.82) is 5.41 Å². The topological polar surface area (TPSA) is 100 Å². The molecule has 1 fully saturated rings. The van der Waals surface area contributed by atoms with Gasteiger partial charge >= 0.3 is 0 Å². The van der Waals surface area contributed by atoms with Gasteiger partial charge in [-0.1, -0.05) is 13.8 Å². The lowest BCUT2D eigenvalue weighted by atomic mass is 9.90. The van der Waals surface area contributed by atoms with Crippen LogP contribution in [0, 0.1) is 11.3 Å². The van der Waals surface area contributed by atoms with E-state index in [1.165, 1.54) is 4.57 Å². The molecule has 0 saturated carbocycles. The van der Waals surface area contributed by atoms with Gasteiger partial charge in [0.25, 0.3) is 5.91 Å². The van der Waals surface area contributed by atoms with Crippen molar-refractivity contribution in [3.8, 4) is 5.75 Å². The smallest absolute Gasteiger partial charge is 0.256 e. The maximum Gasteiger partial charge on any atom is 0.256 e. The van der Waals surface area contributed by atoms with Crippen LogP contribution in [0.25, 0.3) is 0 Å². The van der Waals surface area contributed by atoms with E-state index in [1.807, 2.05) is 4.90 Å². The first-order valence-corrected chi connectivity index (χ1v) is 12.3. The lowest BCUT2D eigenvalue weighted by Gasteiger charge is -2.42. The van der Waals surface area contributed by atoms with Gasteiger partial charge < -0.3 is 15.0 Å². The number of likely N-dealkylation sites (tertiary alicyclic amines) is 1. The molecular weight excluding hydrogens is 521 g/mol. The number of hydrogen-bond donors (Lipinski definition) is 2. The molecule has 1 aliphatic rings. The fraction of sp³-hybridized carbons (Fsp3) is 0.478. The van der Waals surface area contributed by atoms with Crippen LogP contribution in [0.15, 0.2) is 30.6 Å². The molecule has 8 nitrogen and oxygen atoms in total. The largest absolute Gasteiger partial charge is 0.479 e. The number of ether oxygens (including phenoxy) is 1. The van der Waals surface area contributed by atoms with Gasteiger partial charge in [0.15, 0.2) is 11.6 Å². The second-order valence-electron chi connectivity index (χ2n) is 8.84. The predicted octanol–water partition coefficient (Wildman–Crippen LogP) is 4.58. The molecule has 0 bridgehead atoms. The molecule has 32 heavy (non-hydrogen) atoms. The van der Waals surface area contributed by atoms with Crippen molar-refractivity contribution in [1.82, 2.24) is 14.5 Å². The van der Waals surface area contributed by atoms with Crippen molar-refractivity contribution in [2.45, 2.75) is 52.5 Å². The molecule has 0 radical (unpaired) electrons. The quantitative estimate of drug-likeness (QED) is 0.405. The van der Waals surface area contributed by atoms with Crippen LogP contribution in [0.4, 0.5) is 11.5 Å². The molecule has 0 spiro atoms. The zero-order valence-electron chi connectivity index (χ0n) is 18.9. The van der Waals surface area contributed by atoms with Gasteiger partial charge in [-0.3, -0.25) is 19.6 Å². The zero-order valence-corrected chi connectivity index (χ0v) is 21.1. The SMILES string of the molecule is CC(C)C(=O)n1ccc(Nc2ncc(C(=O)N3CCCCC3(C)C)cc2OCI)cc1=N. The van der Waals surface area contributed by atoms with Crippen LogP contribution in [0.2, 0.25) is 0 Å². The molecule has 172 valence electrons. The van der Waals surface area contributed by atoms with Gasteiger partial charge in [0.05, 0.1) is 5.56 Å². The summed E-state index contributed by atoms with van der Waals surface area (Å²) in [6, 6.07) is 4.99. The first-order valence-electron chi connectivity index (χ1n) is 10.7. The highest BCUT2D eigenvalue weighted by molar-refractivity contribution is 14.1. The minimum atomic E-state index is -0.205. The summed E-state index contributed by atoms with van der Waals surface area (Å²) < 4.78 is 7.45. The van der Waals surface area contributed by atoms with Gasteiger partial charge in [-0.25, -0.2) is 4.98 Å². The number of carbonyl (C=O) groups excluding carboxylic acids is 2. The minimum Gasteiger partial charge on any atom is -0.479 e. The van der Waals surface area contributed by atoms with Crippen LogP contribution in [0.3, 0.4) is 0 Å². The number of alkyl halides is 1. The summed E-state index contributed by atoms with van der Waals surface area (Å²) in [6.07, 6.45) is 6.23. The Labute approximate surface area is 202 Å². The number of carbonyl (C=O) groups is 2. The van der Waals surface area contributed by atoms with Crippen LogP contribution >= 0.6 is 22.6 Å². The van der Waals surface area contributed by atoms with Crippen LogP contribution < -0.4 is 15.5 Å². The van der Waals surface area contributed by atoms with E-state index in [0.717, 1.165) is 25.8 Å². The monoisotopic (exact) mass is 551 g/mol. The number of rotatable bonds is 6. The minimum absolute atomic E-state index is 0.0477. The van der Waals surface area contributed by atoms with E-state index in [4.69, 9.17) is 10.1 Å². The average Bonchev–Trinajstić information content (AvgIpc) is 2.74. The Hall–Kier alpha value is -2.43. The molecule has 1 saturated heterocycles. The first kappa shape index (κ1) is 24.2. The zero-order chi connectivity index (χ0) is 23.5. The fourth-order valence-electron chi connectivity index (χ4n) is 3.81.